The molecule has 0 radical (unpaired) electrons. The van der Waals surface area contributed by atoms with Gasteiger partial charge >= 0.3 is 0 Å². The van der Waals surface area contributed by atoms with E-state index in [2.05, 4.69) is 19.2 Å². The normalized spacial score (nSPS) is 19.0. The molecule has 92 valence electrons. The number of amides is 2. The van der Waals surface area contributed by atoms with E-state index in [4.69, 9.17) is 0 Å². The summed E-state index contributed by atoms with van der Waals surface area (Å²) in [5, 5.41) is 3.21. The molecule has 1 fully saturated rings. The molecule has 0 aromatic carbocycles. The molecule has 5 heteroatoms. The summed E-state index contributed by atoms with van der Waals surface area (Å²) in [6.45, 7) is 6.56. The lowest BCUT2D eigenvalue weighted by molar-refractivity contribution is -0.128. The molecule has 1 atom stereocenters. The van der Waals surface area contributed by atoms with Crippen molar-refractivity contribution < 1.29 is 9.59 Å². The van der Waals surface area contributed by atoms with Crippen molar-refractivity contribution in [1.29, 1.82) is 0 Å². The van der Waals surface area contributed by atoms with E-state index in [1.165, 1.54) is 16.7 Å². The van der Waals surface area contributed by atoms with Crippen molar-refractivity contribution in [2.75, 3.05) is 25.4 Å². The van der Waals surface area contributed by atoms with Crippen molar-refractivity contribution in [2.24, 2.45) is 5.92 Å². The predicted molar refractivity (Wildman–Crippen MR) is 66.5 cm³/mol. The van der Waals surface area contributed by atoms with Gasteiger partial charge in [0.2, 0.25) is 5.91 Å². The molecule has 0 aliphatic carbocycles. The van der Waals surface area contributed by atoms with Crippen LogP contribution in [0.2, 0.25) is 0 Å². The van der Waals surface area contributed by atoms with Crippen LogP contribution < -0.4 is 5.32 Å². The zero-order chi connectivity index (χ0) is 12.0. The molecule has 0 bridgehead atoms. The second-order valence-corrected chi connectivity index (χ2v) is 5.22. The smallest absolute Gasteiger partial charge is 0.288 e. The minimum absolute atomic E-state index is 0.0221. The standard InChI is InChI=1S/C11H20N2O2S/c1-3-5-12-7-9(2)8-13-10(14)4-6-16-11(13)15/h9,12H,3-8H2,1-2H3. The number of nitrogens with zero attached hydrogens (tertiary/aromatic N) is 1. The van der Waals surface area contributed by atoms with Crippen LogP contribution in [0.25, 0.3) is 0 Å². The van der Waals surface area contributed by atoms with Crippen LogP contribution in [0.4, 0.5) is 4.79 Å². The van der Waals surface area contributed by atoms with E-state index in [9.17, 15) is 9.59 Å². The summed E-state index contributed by atoms with van der Waals surface area (Å²) >= 11 is 1.25. The van der Waals surface area contributed by atoms with Crippen LogP contribution >= 0.6 is 11.8 Å². The second-order valence-electron chi connectivity index (χ2n) is 4.18. The predicted octanol–water partition coefficient (Wildman–Crippen LogP) is 1.71. The first-order valence-electron chi connectivity index (χ1n) is 5.83. The van der Waals surface area contributed by atoms with Crippen LogP contribution in [0.3, 0.4) is 0 Å². The van der Waals surface area contributed by atoms with Crippen LogP contribution in [0, 0.1) is 5.92 Å². The molecule has 1 N–H and O–H groups in total. The molecule has 0 aromatic heterocycles. The fraction of sp³-hybridized carbons (Fsp3) is 0.818. The molecule has 16 heavy (non-hydrogen) atoms. The highest BCUT2D eigenvalue weighted by atomic mass is 32.2. The van der Waals surface area contributed by atoms with Crippen LogP contribution in [-0.4, -0.2) is 41.4 Å². The quantitative estimate of drug-likeness (QED) is 0.723. The van der Waals surface area contributed by atoms with Crippen molar-refractivity contribution in [3.63, 3.8) is 0 Å². The third-order valence-electron chi connectivity index (χ3n) is 2.48. The average Bonchev–Trinajstić information content (AvgIpc) is 2.24. The first-order valence-corrected chi connectivity index (χ1v) is 6.81. The van der Waals surface area contributed by atoms with Gasteiger partial charge in [0.1, 0.15) is 0 Å². The van der Waals surface area contributed by atoms with Gasteiger partial charge in [0.15, 0.2) is 0 Å². The molecule has 0 saturated carbocycles. The van der Waals surface area contributed by atoms with Gasteiger partial charge in [0, 0.05) is 18.7 Å². The summed E-state index contributed by atoms with van der Waals surface area (Å²) in [7, 11) is 0. The van der Waals surface area contributed by atoms with Crippen LogP contribution in [-0.2, 0) is 4.79 Å². The third-order valence-corrected chi connectivity index (χ3v) is 3.35. The Hall–Kier alpha value is -0.550. The van der Waals surface area contributed by atoms with Crippen molar-refractivity contribution in [2.45, 2.75) is 26.7 Å². The van der Waals surface area contributed by atoms with Crippen LogP contribution in [0.15, 0.2) is 0 Å². The third kappa shape index (κ3) is 4.14. The van der Waals surface area contributed by atoms with E-state index in [-0.39, 0.29) is 11.1 Å². The zero-order valence-corrected chi connectivity index (χ0v) is 10.8. The number of hydrogen-bond donors (Lipinski definition) is 1. The maximum Gasteiger partial charge on any atom is 0.288 e. The first kappa shape index (κ1) is 13.5. The first-order chi connectivity index (χ1) is 7.65. The molecule has 1 aliphatic heterocycles. The number of carbonyl (C=O) groups excluding carboxylic acids is 2. The van der Waals surface area contributed by atoms with E-state index in [1.807, 2.05) is 0 Å². The van der Waals surface area contributed by atoms with Gasteiger partial charge in [0.05, 0.1) is 0 Å². The van der Waals surface area contributed by atoms with Gasteiger partial charge in [-0.3, -0.25) is 14.5 Å². The molecule has 1 saturated heterocycles. The zero-order valence-electron chi connectivity index (χ0n) is 9.99. The Morgan fingerprint density at radius 1 is 1.50 bits per heavy atom. The Morgan fingerprint density at radius 2 is 2.25 bits per heavy atom. The highest BCUT2D eigenvalue weighted by molar-refractivity contribution is 8.13. The summed E-state index contributed by atoms with van der Waals surface area (Å²) in [5.41, 5.74) is 0. The lowest BCUT2D eigenvalue weighted by atomic mass is 10.1. The average molecular weight is 244 g/mol. The van der Waals surface area contributed by atoms with Gasteiger partial charge in [-0.1, -0.05) is 25.6 Å². The molecule has 1 aliphatic rings. The fourth-order valence-electron chi connectivity index (χ4n) is 1.62. The summed E-state index contributed by atoms with van der Waals surface area (Å²) in [4.78, 5) is 24.5. The Labute approximate surface area is 101 Å². The number of rotatable bonds is 6. The van der Waals surface area contributed by atoms with E-state index >= 15 is 0 Å². The highest BCUT2D eigenvalue weighted by Gasteiger charge is 2.27. The molecule has 1 rings (SSSR count). The van der Waals surface area contributed by atoms with Gasteiger partial charge in [-0.2, -0.15) is 0 Å². The summed E-state index contributed by atoms with van der Waals surface area (Å²) in [6, 6.07) is 0. The topological polar surface area (TPSA) is 49.4 Å². The largest absolute Gasteiger partial charge is 0.316 e. The summed E-state index contributed by atoms with van der Waals surface area (Å²) in [6.07, 6.45) is 1.59. The number of thioether (sulfide) groups is 1. The Bertz CT molecular complexity index is 242. The minimum atomic E-state index is -0.0846. The number of nitrogens with one attached hydrogen (secondary N) is 1. The Morgan fingerprint density at radius 3 is 2.88 bits per heavy atom. The van der Waals surface area contributed by atoms with E-state index < -0.39 is 0 Å². The van der Waals surface area contributed by atoms with Crippen molar-refractivity contribution in [3.05, 3.63) is 0 Å². The molecule has 0 aromatic rings. The number of hydrogen-bond acceptors (Lipinski definition) is 4. The molecular weight excluding hydrogens is 224 g/mol. The lowest BCUT2D eigenvalue weighted by Crippen LogP contribution is -2.42. The number of imide groups is 1. The van der Waals surface area contributed by atoms with Crippen molar-refractivity contribution in [1.82, 2.24) is 10.2 Å². The number of carbonyl (C=O) groups is 2. The van der Waals surface area contributed by atoms with Crippen LogP contribution in [0.5, 0.6) is 0 Å². The van der Waals surface area contributed by atoms with Gasteiger partial charge < -0.3 is 5.32 Å². The van der Waals surface area contributed by atoms with Crippen molar-refractivity contribution >= 4 is 22.9 Å². The molecule has 4 nitrogen and oxygen atoms in total. The molecule has 1 heterocycles. The van der Waals surface area contributed by atoms with Gasteiger partial charge in [-0.15, -0.1) is 0 Å². The molecule has 2 amide bonds. The Kier molecular flexibility index (Phi) is 5.84. The Balaban J connectivity index is 2.33. The van der Waals surface area contributed by atoms with E-state index in [0.717, 1.165) is 19.5 Å². The van der Waals surface area contributed by atoms with Gasteiger partial charge in [0.25, 0.3) is 5.24 Å². The van der Waals surface area contributed by atoms with Gasteiger partial charge in [-0.25, -0.2) is 0 Å². The van der Waals surface area contributed by atoms with Gasteiger partial charge in [-0.05, 0) is 25.4 Å². The highest BCUT2D eigenvalue weighted by Crippen LogP contribution is 2.19. The monoisotopic (exact) mass is 244 g/mol. The maximum atomic E-state index is 11.5. The fourth-order valence-corrected chi connectivity index (χ4v) is 2.40. The molecular formula is C11H20N2O2S. The van der Waals surface area contributed by atoms with E-state index in [0.29, 0.717) is 24.6 Å². The lowest BCUT2D eigenvalue weighted by Gasteiger charge is -2.27. The second kappa shape index (κ2) is 6.91. The van der Waals surface area contributed by atoms with Crippen molar-refractivity contribution in [3.8, 4) is 0 Å². The maximum absolute atomic E-state index is 11.5. The van der Waals surface area contributed by atoms with Crippen LogP contribution in [0.1, 0.15) is 26.7 Å². The molecule has 0 spiro atoms. The minimum Gasteiger partial charge on any atom is -0.316 e. The van der Waals surface area contributed by atoms with E-state index in [1.54, 1.807) is 0 Å². The molecule has 1 unspecified atom stereocenters. The summed E-state index contributed by atoms with van der Waals surface area (Å²) < 4.78 is 0. The summed E-state index contributed by atoms with van der Waals surface area (Å²) in [5.74, 6) is 0.931. The SMILES string of the molecule is CCCNCC(C)CN1C(=O)CCSC1=O.